The van der Waals surface area contributed by atoms with E-state index in [1.807, 2.05) is 19.0 Å². The Morgan fingerprint density at radius 1 is 1.31 bits per heavy atom. The van der Waals surface area contributed by atoms with E-state index in [0.717, 1.165) is 49.7 Å². The summed E-state index contributed by atoms with van der Waals surface area (Å²) < 4.78 is 4.50. The first-order valence-electron chi connectivity index (χ1n) is 9.86. The highest BCUT2D eigenvalue weighted by molar-refractivity contribution is 7.09. The normalized spacial score (nSPS) is 18.4. The molecule has 26 heavy (non-hydrogen) atoms. The lowest BCUT2D eigenvalue weighted by Crippen LogP contribution is -2.50. The van der Waals surface area contributed by atoms with Gasteiger partial charge in [0, 0.05) is 37.1 Å². The van der Waals surface area contributed by atoms with Crippen molar-refractivity contribution in [1.82, 2.24) is 19.6 Å². The molecule has 0 radical (unpaired) electrons. The fourth-order valence-electron chi connectivity index (χ4n) is 3.64. The molecule has 1 saturated heterocycles. The van der Waals surface area contributed by atoms with Crippen LogP contribution in [0.2, 0.25) is 0 Å². The van der Waals surface area contributed by atoms with Gasteiger partial charge in [-0.3, -0.25) is 9.69 Å². The quantitative estimate of drug-likeness (QED) is 0.750. The van der Waals surface area contributed by atoms with Crippen molar-refractivity contribution in [2.75, 3.05) is 32.1 Å². The first kappa shape index (κ1) is 21.1. The summed E-state index contributed by atoms with van der Waals surface area (Å²) in [6.45, 7) is 10.6. The third-order valence-electron chi connectivity index (χ3n) is 5.25. The van der Waals surface area contributed by atoms with Crippen molar-refractivity contribution >= 4 is 22.6 Å². The number of carbonyl (C=O) groups is 1. The van der Waals surface area contributed by atoms with Gasteiger partial charge in [0.25, 0.3) is 0 Å². The van der Waals surface area contributed by atoms with Gasteiger partial charge in [0.1, 0.15) is 5.82 Å². The van der Waals surface area contributed by atoms with E-state index in [-0.39, 0.29) is 18.0 Å². The van der Waals surface area contributed by atoms with E-state index in [1.165, 1.54) is 11.5 Å². The number of likely N-dealkylation sites (N-methyl/N-ethyl adjacent to an activating group) is 1. The largest absolute Gasteiger partial charge is 0.352 e. The Morgan fingerprint density at radius 3 is 2.50 bits per heavy atom. The smallest absolute Gasteiger partial charge is 0.237 e. The second kappa shape index (κ2) is 9.65. The zero-order valence-corrected chi connectivity index (χ0v) is 18.0. The molecule has 1 fully saturated rings. The number of nitrogens with one attached hydrogen (secondary N) is 1. The van der Waals surface area contributed by atoms with E-state index in [2.05, 4.69) is 42.3 Å². The Labute approximate surface area is 162 Å². The highest BCUT2D eigenvalue weighted by Gasteiger charge is 2.28. The standard InChI is InChI=1S/C19H35N5OS/c1-7-16(23(5)6)18(25)20-14(4)15-8-10-24(11-9-15)19-21-17(22-26-19)12-13(2)3/h13-16H,7-12H2,1-6H3,(H,20,25)/t14-,16+/m1/s1. The van der Waals surface area contributed by atoms with Gasteiger partial charge >= 0.3 is 0 Å². The molecular formula is C19H35N5OS. The minimum atomic E-state index is -0.0432. The number of hydrogen-bond acceptors (Lipinski definition) is 6. The number of hydrogen-bond donors (Lipinski definition) is 1. The molecule has 2 heterocycles. The summed E-state index contributed by atoms with van der Waals surface area (Å²) in [5.41, 5.74) is 0. The van der Waals surface area contributed by atoms with Crippen LogP contribution in [-0.2, 0) is 11.2 Å². The molecule has 1 aliphatic rings. The van der Waals surface area contributed by atoms with Crippen LogP contribution in [0.5, 0.6) is 0 Å². The molecule has 0 aliphatic carbocycles. The summed E-state index contributed by atoms with van der Waals surface area (Å²) in [7, 11) is 3.93. The van der Waals surface area contributed by atoms with Gasteiger partial charge in [-0.25, -0.2) is 4.98 Å². The number of anilines is 1. The molecule has 1 N–H and O–H groups in total. The Bertz CT molecular complexity index is 566. The summed E-state index contributed by atoms with van der Waals surface area (Å²) in [4.78, 5) is 21.5. The highest BCUT2D eigenvalue weighted by atomic mass is 32.1. The van der Waals surface area contributed by atoms with Gasteiger partial charge in [0.15, 0.2) is 0 Å². The van der Waals surface area contributed by atoms with Crippen molar-refractivity contribution in [3.05, 3.63) is 5.82 Å². The van der Waals surface area contributed by atoms with E-state index < -0.39 is 0 Å². The summed E-state index contributed by atoms with van der Waals surface area (Å²) in [6, 6.07) is 0.169. The van der Waals surface area contributed by atoms with Crippen molar-refractivity contribution in [1.29, 1.82) is 0 Å². The molecule has 1 aromatic heterocycles. The van der Waals surface area contributed by atoms with Gasteiger partial charge < -0.3 is 10.2 Å². The number of aromatic nitrogens is 2. The average Bonchev–Trinajstić information content (AvgIpc) is 3.02. The van der Waals surface area contributed by atoms with Crippen LogP contribution in [0, 0.1) is 11.8 Å². The molecule has 148 valence electrons. The van der Waals surface area contributed by atoms with Gasteiger partial charge in [-0.15, -0.1) is 0 Å². The monoisotopic (exact) mass is 381 g/mol. The number of rotatable bonds is 8. The van der Waals surface area contributed by atoms with E-state index in [0.29, 0.717) is 11.8 Å². The van der Waals surface area contributed by atoms with Crippen LogP contribution in [0.3, 0.4) is 0 Å². The van der Waals surface area contributed by atoms with Crippen LogP contribution in [0.4, 0.5) is 5.13 Å². The third kappa shape index (κ3) is 5.64. The second-order valence-corrected chi connectivity index (χ2v) is 8.83. The minimum Gasteiger partial charge on any atom is -0.352 e. The van der Waals surface area contributed by atoms with Crippen LogP contribution >= 0.6 is 11.5 Å². The molecule has 1 amide bonds. The topological polar surface area (TPSA) is 61.4 Å². The first-order chi connectivity index (χ1) is 12.3. The molecule has 0 unspecified atom stereocenters. The third-order valence-corrected chi connectivity index (χ3v) is 6.06. The average molecular weight is 382 g/mol. The van der Waals surface area contributed by atoms with Crippen molar-refractivity contribution in [3.8, 4) is 0 Å². The first-order valence-corrected chi connectivity index (χ1v) is 10.6. The van der Waals surface area contributed by atoms with Crippen molar-refractivity contribution in [2.24, 2.45) is 11.8 Å². The highest BCUT2D eigenvalue weighted by Crippen LogP contribution is 2.27. The van der Waals surface area contributed by atoms with Gasteiger partial charge in [-0.05, 0) is 52.1 Å². The molecule has 0 bridgehead atoms. The number of amides is 1. The molecular weight excluding hydrogens is 346 g/mol. The zero-order chi connectivity index (χ0) is 19.3. The molecule has 0 spiro atoms. The van der Waals surface area contributed by atoms with E-state index in [1.54, 1.807) is 0 Å². The van der Waals surface area contributed by atoms with Gasteiger partial charge in [0.05, 0.1) is 6.04 Å². The van der Waals surface area contributed by atoms with Crippen LogP contribution in [0.1, 0.15) is 52.8 Å². The molecule has 1 aromatic rings. The Hall–Kier alpha value is -1.21. The maximum Gasteiger partial charge on any atom is 0.237 e. The van der Waals surface area contributed by atoms with Gasteiger partial charge in [0.2, 0.25) is 11.0 Å². The summed E-state index contributed by atoms with van der Waals surface area (Å²) in [6.07, 6.45) is 3.94. The van der Waals surface area contributed by atoms with E-state index in [4.69, 9.17) is 4.98 Å². The van der Waals surface area contributed by atoms with Gasteiger partial charge in [-0.2, -0.15) is 4.37 Å². The molecule has 2 rings (SSSR count). The molecule has 0 aromatic carbocycles. The summed E-state index contributed by atoms with van der Waals surface area (Å²) in [5, 5.41) is 4.29. The SMILES string of the molecule is CC[C@@H](C(=O)N[C@H](C)C1CCN(c2nc(CC(C)C)ns2)CC1)N(C)C. The predicted octanol–water partition coefficient (Wildman–Crippen LogP) is 2.80. The Balaban J connectivity index is 1.83. The van der Waals surface area contributed by atoms with Crippen molar-refractivity contribution in [3.63, 3.8) is 0 Å². The van der Waals surface area contributed by atoms with Crippen LogP contribution < -0.4 is 10.2 Å². The van der Waals surface area contributed by atoms with Crippen LogP contribution in [0.25, 0.3) is 0 Å². The number of piperidine rings is 1. The Kier molecular flexibility index (Phi) is 7.83. The Morgan fingerprint density at radius 2 is 1.96 bits per heavy atom. The van der Waals surface area contributed by atoms with E-state index in [9.17, 15) is 4.79 Å². The molecule has 1 aliphatic heterocycles. The fourth-order valence-corrected chi connectivity index (χ4v) is 4.38. The minimum absolute atomic E-state index is 0.0432. The lowest BCUT2D eigenvalue weighted by molar-refractivity contribution is -0.126. The zero-order valence-electron chi connectivity index (χ0n) is 17.2. The van der Waals surface area contributed by atoms with Crippen molar-refractivity contribution < 1.29 is 4.79 Å². The summed E-state index contributed by atoms with van der Waals surface area (Å²) >= 11 is 1.52. The molecule has 0 saturated carbocycles. The maximum atomic E-state index is 12.5. The van der Waals surface area contributed by atoms with Gasteiger partial charge in [-0.1, -0.05) is 20.8 Å². The van der Waals surface area contributed by atoms with Crippen LogP contribution in [-0.4, -0.2) is 59.4 Å². The lowest BCUT2D eigenvalue weighted by Gasteiger charge is -2.35. The molecule has 2 atom stereocenters. The molecule has 6 nitrogen and oxygen atoms in total. The number of carbonyl (C=O) groups excluding carboxylic acids is 1. The maximum absolute atomic E-state index is 12.5. The van der Waals surface area contributed by atoms with Crippen molar-refractivity contribution in [2.45, 2.75) is 65.5 Å². The fraction of sp³-hybridized carbons (Fsp3) is 0.842. The van der Waals surface area contributed by atoms with Crippen LogP contribution in [0.15, 0.2) is 0 Å². The predicted molar refractivity (Wildman–Crippen MR) is 109 cm³/mol. The summed E-state index contributed by atoms with van der Waals surface area (Å²) in [5.74, 6) is 2.23. The number of nitrogens with zero attached hydrogens (tertiary/aromatic N) is 4. The lowest BCUT2D eigenvalue weighted by atomic mass is 9.90. The van der Waals surface area contributed by atoms with E-state index >= 15 is 0 Å². The second-order valence-electron chi connectivity index (χ2n) is 8.10. The molecule has 7 heteroatoms.